The molecular weight excluding hydrogens is 260 g/mol. The fourth-order valence-corrected chi connectivity index (χ4v) is 2.90. The van der Waals surface area contributed by atoms with E-state index >= 15 is 0 Å². The van der Waals surface area contributed by atoms with E-state index in [1.807, 2.05) is 29.5 Å². The smallest absolute Gasteiger partial charge is 0.263 e. The molecule has 0 aliphatic heterocycles. The lowest BCUT2D eigenvalue weighted by Crippen LogP contribution is -2.40. The molecule has 2 rings (SSSR count). The van der Waals surface area contributed by atoms with Gasteiger partial charge in [0.2, 0.25) is 0 Å². The van der Waals surface area contributed by atoms with Crippen LogP contribution >= 0.6 is 11.3 Å². The van der Waals surface area contributed by atoms with E-state index in [1.54, 1.807) is 17.6 Å². The second-order valence-corrected chi connectivity index (χ2v) is 5.80. The van der Waals surface area contributed by atoms with Gasteiger partial charge in [0.25, 0.3) is 5.91 Å². The maximum absolute atomic E-state index is 11.9. The molecule has 0 atom stereocenters. The standard InChI is InChI=1S/C14H20N2O2S/c1-16(12-6-3-2-4-7-12)14(17)11-18-15-10-13-8-5-9-19-13/h5,8-10,12H,2-4,6-7,11H2,1H3/b15-10+. The molecule has 0 bridgehead atoms. The fourth-order valence-electron chi connectivity index (χ4n) is 2.32. The van der Waals surface area contributed by atoms with Gasteiger partial charge in [0.1, 0.15) is 0 Å². The lowest BCUT2D eigenvalue weighted by Gasteiger charge is -2.30. The van der Waals surface area contributed by atoms with E-state index in [1.165, 1.54) is 19.3 Å². The molecule has 5 heteroatoms. The Morgan fingerprint density at radius 2 is 2.32 bits per heavy atom. The van der Waals surface area contributed by atoms with Crippen molar-refractivity contribution in [2.45, 2.75) is 38.1 Å². The van der Waals surface area contributed by atoms with Gasteiger partial charge in [-0.3, -0.25) is 4.79 Å². The highest BCUT2D eigenvalue weighted by molar-refractivity contribution is 7.11. The van der Waals surface area contributed by atoms with Gasteiger partial charge in [0.15, 0.2) is 6.61 Å². The molecule has 1 aliphatic carbocycles. The Hall–Kier alpha value is -1.36. The number of hydrogen-bond donors (Lipinski definition) is 0. The average molecular weight is 280 g/mol. The second-order valence-electron chi connectivity index (χ2n) is 4.82. The van der Waals surface area contributed by atoms with Crippen molar-refractivity contribution in [3.05, 3.63) is 22.4 Å². The number of oxime groups is 1. The quantitative estimate of drug-likeness (QED) is 0.615. The molecule has 0 saturated heterocycles. The number of nitrogens with zero attached hydrogens (tertiary/aromatic N) is 2. The largest absolute Gasteiger partial charge is 0.386 e. The van der Waals surface area contributed by atoms with Gasteiger partial charge in [-0.2, -0.15) is 0 Å². The summed E-state index contributed by atoms with van der Waals surface area (Å²) >= 11 is 1.59. The molecule has 0 radical (unpaired) electrons. The minimum atomic E-state index is 0.00947. The first-order valence-electron chi connectivity index (χ1n) is 6.72. The Morgan fingerprint density at radius 3 is 3.00 bits per heavy atom. The Morgan fingerprint density at radius 1 is 1.53 bits per heavy atom. The third-order valence-electron chi connectivity index (χ3n) is 3.50. The van der Waals surface area contributed by atoms with E-state index in [0.29, 0.717) is 6.04 Å². The highest BCUT2D eigenvalue weighted by Gasteiger charge is 2.22. The van der Waals surface area contributed by atoms with Crippen molar-refractivity contribution >= 4 is 23.5 Å². The molecular formula is C14H20N2O2S. The zero-order valence-corrected chi connectivity index (χ0v) is 12.1. The van der Waals surface area contributed by atoms with Crippen molar-refractivity contribution in [2.75, 3.05) is 13.7 Å². The average Bonchev–Trinajstić information content (AvgIpc) is 2.96. The summed E-state index contributed by atoms with van der Waals surface area (Å²) in [6.45, 7) is 0.0227. The molecule has 1 amide bonds. The predicted octanol–water partition coefficient (Wildman–Crippen LogP) is 2.89. The van der Waals surface area contributed by atoms with Crippen LogP contribution in [-0.4, -0.2) is 36.7 Å². The first-order chi connectivity index (χ1) is 9.27. The van der Waals surface area contributed by atoms with Gasteiger partial charge in [0, 0.05) is 18.0 Å². The molecule has 1 aromatic heterocycles. The third-order valence-corrected chi connectivity index (χ3v) is 4.31. The van der Waals surface area contributed by atoms with Crippen molar-refractivity contribution in [3.8, 4) is 0 Å². The summed E-state index contributed by atoms with van der Waals surface area (Å²) in [4.78, 5) is 19.8. The lowest BCUT2D eigenvalue weighted by molar-refractivity contribution is -0.137. The molecule has 4 nitrogen and oxygen atoms in total. The van der Waals surface area contributed by atoms with E-state index in [-0.39, 0.29) is 12.5 Å². The molecule has 1 fully saturated rings. The minimum absolute atomic E-state index is 0.00947. The zero-order valence-electron chi connectivity index (χ0n) is 11.2. The van der Waals surface area contributed by atoms with E-state index in [0.717, 1.165) is 17.7 Å². The van der Waals surface area contributed by atoms with Crippen molar-refractivity contribution < 1.29 is 9.63 Å². The fraction of sp³-hybridized carbons (Fsp3) is 0.571. The number of amides is 1. The summed E-state index contributed by atoms with van der Waals surface area (Å²) in [5.41, 5.74) is 0. The molecule has 104 valence electrons. The normalized spacial score (nSPS) is 16.7. The molecule has 1 aromatic rings. The van der Waals surface area contributed by atoms with Gasteiger partial charge < -0.3 is 9.74 Å². The van der Waals surface area contributed by atoms with Crippen LogP contribution in [-0.2, 0) is 9.63 Å². The molecule has 1 aliphatic rings. The first-order valence-corrected chi connectivity index (χ1v) is 7.60. The molecule has 19 heavy (non-hydrogen) atoms. The summed E-state index contributed by atoms with van der Waals surface area (Å²) in [5.74, 6) is 0.00947. The monoisotopic (exact) mass is 280 g/mol. The van der Waals surface area contributed by atoms with Gasteiger partial charge >= 0.3 is 0 Å². The second kappa shape index (κ2) is 7.28. The molecule has 0 aromatic carbocycles. The van der Waals surface area contributed by atoms with Crippen LogP contribution in [0.4, 0.5) is 0 Å². The van der Waals surface area contributed by atoms with Crippen LogP contribution in [0.1, 0.15) is 37.0 Å². The van der Waals surface area contributed by atoms with Crippen LogP contribution in [0.2, 0.25) is 0 Å². The van der Waals surface area contributed by atoms with Crippen molar-refractivity contribution in [2.24, 2.45) is 5.16 Å². The van der Waals surface area contributed by atoms with Crippen molar-refractivity contribution in [3.63, 3.8) is 0 Å². The third kappa shape index (κ3) is 4.35. The SMILES string of the molecule is CN(C(=O)CO/N=C/c1cccs1)C1CCCCC1. The maximum atomic E-state index is 11.9. The predicted molar refractivity (Wildman–Crippen MR) is 77.5 cm³/mol. The first kappa shape index (κ1) is 14.1. The van der Waals surface area contributed by atoms with Crippen LogP contribution < -0.4 is 0 Å². The van der Waals surface area contributed by atoms with Crippen LogP contribution in [0.5, 0.6) is 0 Å². The summed E-state index contributed by atoms with van der Waals surface area (Å²) in [6.07, 6.45) is 7.60. The van der Waals surface area contributed by atoms with Crippen LogP contribution in [0.3, 0.4) is 0 Å². The van der Waals surface area contributed by atoms with Gasteiger partial charge in [0.05, 0.1) is 6.21 Å². The number of hydrogen-bond acceptors (Lipinski definition) is 4. The lowest BCUT2D eigenvalue weighted by atomic mass is 9.94. The summed E-state index contributed by atoms with van der Waals surface area (Å²) < 4.78 is 0. The molecule has 1 saturated carbocycles. The van der Waals surface area contributed by atoms with Gasteiger partial charge in [-0.1, -0.05) is 30.5 Å². The number of carbonyl (C=O) groups is 1. The summed E-state index contributed by atoms with van der Waals surface area (Å²) in [5, 5.41) is 5.79. The maximum Gasteiger partial charge on any atom is 0.263 e. The van der Waals surface area contributed by atoms with Crippen LogP contribution in [0.15, 0.2) is 22.7 Å². The van der Waals surface area contributed by atoms with Gasteiger partial charge in [-0.05, 0) is 24.3 Å². The van der Waals surface area contributed by atoms with Crippen LogP contribution in [0.25, 0.3) is 0 Å². The van der Waals surface area contributed by atoms with Crippen LogP contribution in [0, 0.1) is 0 Å². The Bertz CT molecular complexity index is 411. The number of carbonyl (C=O) groups excluding carboxylic acids is 1. The van der Waals surface area contributed by atoms with Gasteiger partial charge in [-0.15, -0.1) is 11.3 Å². The highest BCUT2D eigenvalue weighted by atomic mass is 32.1. The Labute approximate surface area is 118 Å². The number of rotatable bonds is 5. The minimum Gasteiger partial charge on any atom is -0.386 e. The summed E-state index contributed by atoms with van der Waals surface area (Å²) in [6, 6.07) is 4.28. The van der Waals surface area contributed by atoms with Gasteiger partial charge in [-0.25, -0.2) is 0 Å². The van der Waals surface area contributed by atoms with E-state index in [9.17, 15) is 4.79 Å². The van der Waals surface area contributed by atoms with E-state index < -0.39 is 0 Å². The van der Waals surface area contributed by atoms with E-state index in [4.69, 9.17) is 4.84 Å². The summed E-state index contributed by atoms with van der Waals surface area (Å²) in [7, 11) is 1.87. The molecule has 0 N–H and O–H groups in total. The van der Waals surface area contributed by atoms with Crippen molar-refractivity contribution in [1.82, 2.24) is 4.90 Å². The number of thiophene rings is 1. The zero-order chi connectivity index (χ0) is 13.5. The topological polar surface area (TPSA) is 41.9 Å². The Balaban J connectivity index is 1.71. The molecule has 1 heterocycles. The number of likely N-dealkylation sites (N-methyl/N-ethyl adjacent to an activating group) is 1. The van der Waals surface area contributed by atoms with Crippen molar-refractivity contribution in [1.29, 1.82) is 0 Å². The highest BCUT2D eigenvalue weighted by Crippen LogP contribution is 2.21. The molecule has 0 spiro atoms. The molecule has 0 unspecified atom stereocenters. The van der Waals surface area contributed by atoms with E-state index in [2.05, 4.69) is 5.16 Å². The Kier molecular flexibility index (Phi) is 5.39.